The third-order valence-corrected chi connectivity index (χ3v) is 2.99. The lowest BCUT2D eigenvalue weighted by molar-refractivity contribution is 0.503. The molecule has 2 heterocycles. The molecule has 0 saturated carbocycles. The number of thiazole rings is 1. The number of rotatable bonds is 4. The smallest absolute Gasteiger partial charge is 0.259 e. The Balaban J connectivity index is 2.13. The second-order valence-corrected chi connectivity index (χ2v) is 4.65. The molecule has 6 heteroatoms. The van der Waals surface area contributed by atoms with Gasteiger partial charge < -0.3 is 4.42 Å². The predicted molar refractivity (Wildman–Crippen MR) is 59.2 cm³/mol. The van der Waals surface area contributed by atoms with Gasteiger partial charge in [0.2, 0.25) is 5.89 Å². The van der Waals surface area contributed by atoms with Gasteiger partial charge in [0.1, 0.15) is 4.88 Å². The van der Waals surface area contributed by atoms with Crippen LogP contribution >= 0.6 is 22.9 Å². The van der Waals surface area contributed by atoms with Crippen molar-refractivity contribution in [3.05, 3.63) is 17.1 Å². The van der Waals surface area contributed by atoms with E-state index in [2.05, 4.69) is 15.2 Å². The highest BCUT2D eigenvalue weighted by atomic mass is 35.5. The Bertz CT molecular complexity index is 440. The van der Waals surface area contributed by atoms with Crippen LogP contribution in [0.5, 0.6) is 0 Å². The number of nitrogens with zero attached hydrogens (tertiary/aromatic N) is 3. The Hall–Kier alpha value is -0.940. The quantitative estimate of drug-likeness (QED) is 0.775. The van der Waals surface area contributed by atoms with Gasteiger partial charge in [0.15, 0.2) is 0 Å². The fraction of sp³-hybridized carbons (Fsp3) is 0.444. The minimum Gasteiger partial charge on any atom is -0.420 e. The van der Waals surface area contributed by atoms with E-state index >= 15 is 0 Å². The summed E-state index contributed by atoms with van der Waals surface area (Å²) in [4.78, 5) is 5.05. The van der Waals surface area contributed by atoms with Gasteiger partial charge in [0.05, 0.1) is 11.2 Å². The first-order valence-corrected chi connectivity index (χ1v) is 5.96. The summed E-state index contributed by atoms with van der Waals surface area (Å²) >= 11 is 7.13. The fourth-order valence-electron chi connectivity index (χ4n) is 1.13. The summed E-state index contributed by atoms with van der Waals surface area (Å²) in [6.07, 6.45) is 3.33. The van der Waals surface area contributed by atoms with Crippen molar-refractivity contribution < 1.29 is 4.42 Å². The molecule has 2 aromatic rings. The minimum absolute atomic E-state index is 0.546. The van der Waals surface area contributed by atoms with E-state index in [0.29, 0.717) is 17.7 Å². The van der Waals surface area contributed by atoms with Gasteiger partial charge in [-0.05, 0) is 13.3 Å². The summed E-state index contributed by atoms with van der Waals surface area (Å²) in [5.41, 5.74) is 0. The van der Waals surface area contributed by atoms with Crippen LogP contribution < -0.4 is 0 Å². The lowest BCUT2D eigenvalue weighted by Crippen LogP contribution is -1.85. The van der Waals surface area contributed by atoms with Crippen molar-refractivity contribution in [1.82, 2.24) is 15.2 Å². The molecule has 0 fully saturated rings. The van der Waals surface area contributed by atoms with E-state index in [4.69, 9.17) is 16.0 Å². The van der Waals surface area contributed by atoms with Gasteiger partial charge in [0.25, 0.3) is 5.89 Å². The molecule has 0 saturated heterocycles. The minimum atomic E-state index is 0.546. The molecule has 0 aliphatic heterocycles. The summed E-state index contributed by atoms with van der Waals surface area (Å²) < 4.78 is 5.47. The summed E-state index contributed by atoms with van der Waals surface area (Å²) in [7, 11) is 0. The zero-order valence-electron chi connectivity index (χ0n) is 8.23. The van der Waals surface area contributed by atoms with Gasteiger partial charge in [-0.1, -0.05) is 0 Å². The van der Waals surface area contributed by atoms with Crippen molar-refractivity contribution in [3.8, 4) is 10.8 Å². The number of alkyl halides is 1. The van der Waals surface area contributed by atoms with Crippen molar-refractivity contribution in [2.24, 2.45) is 0 Å². The molecule has 0 amide bonds. The Morgan fingerprint density at radius 2 is 2.33 bits per heavy atom. The Kier molecular flexibility index (Phi) is 3.33. The number of aromatic nitrogens is 3. The van der Waals surface area contributed by atoms with Crippen molar-refractivity contribution in [3.63, 3.8) is 0 Å². The highest BCUT2D eigenvalue weighted by molar-refractivity contribution is 7.14. The molecule has 0 bridgehead atoms. The van der Waals surface area contributed by atoms with E-state index < -0.39 is 0 Å². The molecule has 2 rings (SSSR count). The van der Waals surface area contributed by atoms with Crippen molar-refractivity contribution >= 4 is 22.9 Å². The second-order valence-electron chi connectivity index (χ2n) is 3.04. The van der Waals surface area contributed by atoms with E-state index in [1.54, 1.807) is 17.5 Å². The molecule has 0 radical (unpaired) electrons. The molecule has 15 heavy (non-hydrogen) atoms. The maximum Gasteiger partial charge on any atom is 0.259 e. The molecule has 80 valence electrons. The second kappa shape index (κ2) is 4.72. The van der Waals surface area contributed by atoms with Gasteiger partial charge in [-0.3, -0.25) is 0 Å². The number of halogens is 1. The van der Waals surface area contributed by atoms with E-state index in [1.807, 2.05) is 6.92 Å². The Labute approximate surface area is 96.3 Å². The third kappa shape index (κ3) is 2.54. The summed E-state index contributed by atoms with van der Waals surface area (Å²) in [6.45, 7) is 1.94. The number of hydrogen-bond donors (Lipinski definition) is 0. The standard InChI is InChI=1S/C9H10ClN3OS/c1-6-11-5-7(15-6)9-13-12-8(14-9)3-2-4-10/h5H,2-4H2,1H3. The van der Waals surface area contributed by atoms with E-state index in [1.165, 1.54) is 0 Å². The molecule has 2 aromatic heterocycles. The van der Waals surface area contributed by atoms with Gasteiger partial charge in [-0.2, -0.15) is 0 Å². The molecule has 0 atom stereocenters. The van der Waals surface area contributed by atoms with Crippen molar-refractivity contribution in [2.75, 3.05) is 5.88 Å². The van der Waals surface area contributed by atoms with Crippen LogP contribution in [0.15, 0.2) is 10.6 Å². The van der Waals surface area contributed by atoms with E-state index in [-0.39, 0.29) is 0 Å². The van der Waals surface area contributed by atoms with Crippen molar-refractivity contribution in [1.29, 1.82) is 0 Å². The average Bonchev–Trinajstić information content (AvgIpc) is 2.83. The van der Waals surface area contributed by atoms with Crippen LogP contribution in [0.1, 0.15) is 17.3 Å². The van der Waals surface area contributed by atoms with Crippen LogP contribution in [-0.4, -0.2) is 21.1 Å². The van der Waals surface area contributed by atoms with Gasteiger partial charge in [0, 0.05) is 12.3 Å². The lowest BCUT2D eigenvalue weighted by Gasteiger charge is -1.88. The first-order valence-electron chi connectivity index (χ1n) is 4.61. The summed E-state index contributed by atoms with van der Waals surface area (Å²) in [5, 5.41) is 8.90. The molecular weight excluding hydrogens is 234 g/mol. The molecule has 0 spiro atoms. The molecule has 0 N–H and O–H groups in total. The first-order chi connectivity index (χ1) is 7.29. The van der Waals surface area contributed by atoms with Crippen LogP contribution in [0, 0.1) is 6.92 Å². The number of hydrogen-bond acceptors (Lipinski definition) is 5. The topological polar surface area (TPSA) is 51.8 Å². The monoisotopic (exact) mass is 243 g/mol. The summed E-state index contributed by atoms with van der Waals surface area (Å²) in [5.74, 6) is 1.79. The first kappa shape index (κ1) is 10.6. The van der Waals surface area contributed by atoms with Crippen LogP contribution in [-0.2, 0) is 6.42 Å². The molecule has 0 unspecified atom stereocenters. The van der Waals surface area contributed by atoms with E-state index in [9.17, 15) is 0 Å². The molecule has 4 nitrogen and oxygen atoms in total. The van der Waals surface area contributed by atoms with Gasteiger partial charge in [-0.15, -0.1) is 33.1 Å². The molecule has 0 aliphatic rings. The normalized spacial score (nSPS) is 10.8. The third-order valence-electron chi connectivity index (χ3n) is 1.82. The van der Waals surface area contributed by atoms with Gasteiger partial charge >= 0.3 is 0 Å². The zero-order valence-corrected chi connectivity index (χ0v) is 9.81. The highest BCUT2D eigenvalue weighted by Crippen LogP contribution is 2.24. The van der Waals surface area contributed by atoms with E-state index in [0.717, 1.165) is 22.7 Å². The molecule has 0 aliphatic carbocycles. The van der Waals surface area contributed by atoms with Crippen LogP contribution in [0.2, 0.25) is 0 Å². The SMILES string of the molecule is Cc1ncc(-c2nnc(CCCCl)o2)s1. The Morgan fingerprint density at radius 3 is 3.00 bits per heavy atom. The largest absolute Gasteiger partial charge is 0.420 e. The van der Waals surface area contributed by atoms with Crippen LogP contribution in [0.25, 0.3) is 10.8 Å². The maximum atomic E-state index is 5.58. The highest BCUT2D eigenvalue weighted by Gasteiger charge is 2.10. The lowest BCUT2D eigenvalue weighted by atomic mass is 10.3. The van der Waals surface area contributed by atoms with Crippen molar-refractivity contribution in [2.45, 2.75) is 19.8 Å². The average molecular weight is 244 g/mol. The predicted octanol–water partition coefficient (Wildman–Crippen LogP) is 2.67. The maximum absolute atomic E-state index is 5.58. The molecule has 0 aromatic carbocycles. The zero-order chi connectivity index (χ0) is 10.7. The molecular formula is C9H10ClN3OS. The Morgan fingerprint density at radius 1 is 1.47 bits per heavy atom. The summed E-state index contributed by atoms with van der Waals surface area (Å²) in [6, 6.07) is 0. The number of aryl methyl sites for hydroxylation is 2. The van der Waals surface area contributed by atoms with Crippen LogP contribution in [0.3, 0.4) is 0 Å². The van der Waals surface area contributed by atoms with Gasteiger partial charge in [-0.25, -0.2) is 4.98 Å². The van der Waals surface area contributed by atoms with Crippen LogP contribution in [0.4, 0.5) is 0 Å². The fourth-order valence-corrected chi connectivity index (χ4v) is 1.96.